The van der Waals surface area contributed by atoms with Gasteiger partial charge in [0.05, 0.1) is 12.1 Å². The molecule has 0 heterocycles. The first-order valence-corrected chi connectivity index (χ1v) is 5.17. The van der Waals surface area contributed by atoms with Gasteiger partial charge in [-0.1, -0.05) is 11.6 Å². The number of halogens is 1. The summed E-state index contributed by atoms with van der Waals surface area (Å²) in [7, 11) is 1.55. The lowest BCUT2D eigenvalue weighted by molar-refractivity contribution is -0.123. The van der Waals surface area contributed by atoms with Crippen molar-refractivity contribution in [3.05, 3.63) is 28.3 Å². The SMILES string of the molecule is COc1cc(C)c(CNC(=O)CO)cc1Cl. The Kier molecular flexibility index (Phi) is 4.58. The summed E-state index contributed by atoms with van der Waals surface area (Å²) in [6.45, 7) is 1.73. The van der Waals surface area contributed by atoms with E-state index in [4.69, 9.17) is 21.4 Å². The molecule has 16 heavy (non-hydrogen) atoms. The van der Waals surface area contributed by atoms with Crippen molar-refractivity contribution >= 4 is 17.5 Å². The van der Waals surface area contributed by atoms with Crippen molar-refractivity contribution in [2.24, 2.45) is 0 Å². The number of nitrogens with one attached hydrogen (secondary N) is 1. The van der Waals surface area contributed by atoms with Gasteiger partial charge < -0.3 is 15.2 Å². The number of amides is 1. The van der Waals surface area contributed by atoms with Gasteiger partial charge in [-0.05, 0) is 30.2 Å². The number of methoxy groups -OCH3 is 1. The molecule has 88 valence electrons. The highest BCUT2D eigenvalue weighted by molar-refractivity contribution is 6.32. The maximum absolute atomic E-state index is 10.9. The minimum absolute atomic E-state index is 0.342. The van der Waals surface area contributed by atoms with Crippen LogP contribution in [0.25, 0.3) is 0 Å². The Morgan fingerprint density at radius 2 is 2.25 bits per heavy atom. The first-order valence-electron chi connectivity index (χ1n) is 4.79. The molecule has 4 nitrogen and oxygen atoms in total. The lowest BCUT2D eigenvalue weighted by Gasteiger charge is -2.10. The van der Waals surface area contributed by atoms with E-state index < -0.39 is 12.5 Å². The smallest absolute Gasteiger partial charge is 0.245 e. The zero-order valence-corrected chi connectivity index (χ0v) is 9.97. The molecule has 1 amide bonds. The Morgan fingerprint density at radius 1 is 1.56 bits per heavy atom. The van der Waals surface area contributed by atoms with Crippen molar-refractivity contribution < 1.29 is 14.6 Å². The molecule has 1 aromatic carbocycles. The fourth-order valence-corrected chi connectivity index (χ4v) is 1.56. The molecule has 0 aliphatic carbocycles. The van der Waals surface area contributed by atoms with Gasteiger partial charge in [0.25, 0.3) is 0 Å². The Balaban J connectivity index is 2.81. The van der Waals surface area contributed by atoms with E-state index in [-0.39, 0.29) is 0 Å². The van der Waals surface area contributed by atoms with E-state index in [1.165, 1.54) is 0 Å². The average Bonchev–Trinajstić information content (AvgIpc) is 2.29. The molecule has 0 aromatic heterocycles. The van der Waals surface area contributed by atoms with Gasteiger partial charge in [0.1, 0.15) is 12.4 Å². The molecule has 5 heteroatoms. The molecular formula is C11H14ClNO3. The van der Waals surface area contributed by atoms with Crippen LogP contribution in [0.1, 0.15) is 11.1 Å². The average molecular weight is 244 g/mol. The van der Waals surface area contributed by atoms with Gasteiger partial charge in [-0.15, -0.1) is 0 Å². The van der Waals surface area contributed by atoms with Crippen molar-refractivity contribution in [1.82, 2.24) is 5.32 Å². The van der Waals surface area contributed by atoms with Gasteiger partial charge in [0.15, 0.2) is 0 Å². The summed E-state index contributed by atoms with van der Waals surface area (Å²) in [4.78, 5) is 10.9. The summed E-state index contributed by atoms with van der Waals surface area (Å²) < 4.78 is 5.07. The Morgan fingerprint density at radius 3 is 2.81 bits per heavy atom. The number of rotatable bonds is 4. The van der Waals surface area contributed by atoms with Crippen LogP contribution in [0.15, 0.2) is 12.1 Å². The summed E-state index contributed by atoms with van der Waals surface area (Å²) in [6.07, 6.45) is 0. The van der Waals surface area contributed by atoms with Crippen LogP contribution in [-0.4, -0.2) is 24.7 Å². The van der Waals surface area contributed by atoms with E-state index >= 15 is 0 Å². The van der Waals surface area contributed by atoms with Crippen LogP contribution >= 0.6 is 11.6 Å². The van der Waals surface area contributed by atoms with Crippen LogP contribution in [-0.2, 0) is 11.3 Å². The van der Waals surface area contributed by atoms with Gasteiger partial charge in [0, 0.05) is 6.54 Å². The molecule has 0 unspecified atom stereocenters. The fraction of sp³-hybridized carbons (Fsp3) is 0.364. The van der Waals surface area contributed by atoms with Crippen LogP contribution in [0.4, 0.5) is 0 Å². The lowest BCUT2D eigenvalue weighted by Crippen LogP contribution is -2.25. The second-order valence-electron chi connectivity index (χ2n) is 3.35. The highest BCUT2D eigenvalue weighted by Gasteiger charge is 2.07. The van der Waals surface area contributed by atoms with E-state index in [1.54, 1.807) is 13.2 Å². The molecule has 0 aliphatic heterocycles. The minimum atomic E-state index is -0.511. The molecule has 0 bridgehead atoms. The van der Waals surface area contributed by atoms with E-state index in [9.17, 15) is 4.79 Å². The maximum Gasteiger partial charge on any atom is 0.245 e. The molecule has 0 saturated heterocycles. The quantitative estimate of drug-likeness (QED) is 0.837. The second-order valence-corrected chi connectivity index (χ2v) is 3.76. The van der Waals surface area contributed by atoms with E-state index in [0.29, 0.717) is 17.3 Å². The number of hydrogen-bond acceptors (Lipinski definition) is 3. The summed E-state index contributed by atoms with van der Waals surface area (Å²) in [6, 6.07) is 3.55. The Hall–Kier alpha value is -1.26. The molecule has 0 saturated carbocycles. The number of ether oxygens (including phenoxy) is 1. The third kappa shape index (κ3) is 3.12. The lowest BCUT2D eigenvalue weighted by atomic mass is 10.1. The maximum atomic E-state index is 10.9. The van der Waals surface area contributed by atoms with Gasteiger partial charge >= 0.3 is 0 Å². The topological polar surface area (TPSA) is 58.6 Å². The Labute approximate surface area is 99.2 Å². The van der Waals surface area contributed by atoms with E-state index in [0.717, 1.165) is 11.1 Å². The number of aliphatic hydroxyl groups is 1. The molecule has 0 spiro atoms. The van der Waals surface area contributed by atoms with Crippen molar-refractivity contribution in [3.8, 4) is 5.75 Å². The normalized spacial score (nSPS) is 10.0. The van der Waals surface area contributed by atoms with E-state index in [1.807, 2.05) is 13.0 Å². The Bertz CT molecular complexity index is 393. The van der Waals surface area contributed by atoms with Gasteiger partial charge in [-0.25, -0.2) is 0 Å². The molecule has 0 atom stereocenters. The van der Waals surface area contributed by atoms with Crippen LogP contribution in [0.5, 0.6) is 5.75 Å². The number of benzene rings is 1. The first kappa shape index (κ1) is 12.8. The number of carbonyl (C=O) groups is 1. The van der Waals surface area contributed by atoms with Crippen LogP contribution in [0.3, 0.4) is 0 Å². The number of aliphatic hydroxyl groups excluding tert-OH is 1. The predicted molar refractivity (Wildman–Crippen MR) is 61.7 cm³/mol. The predicted octanol–water partition coefficient (Wildman–Crippen LogP) is 1.27. The molecule has 0 fully saturated rings. The minimum Gasteiger partial charge on any atom is -0.495 e. The van der Waals surface area contributed by atoms with Gasteiger partial charge in [0.2, 0.25) is 5.91 Å². The highest BCUT2D eigenvalue weighted by Crippen LogP contribution is 2.27. The third-order valence-electron chi connectivity index (χ3n) is 2.23. The fourth-order valence-electron chi connectivity index (χ4n) is 1.29. The van der Waals surface area contributed by atoms with Crippen molar-refractivity contribution in [3.63, 3.8) is 0 Å². The summed E-state index contributed by atoms with van der Waals surface area (Å²) in [5.74, 6) is 0.197. The summed E-state index contributed by atoms with van der Waals surface area (Å²) in [5, 5.41) is 11.6. The number of hydrogen-bond donors (Lipinski definition) is 2. The number of aryl methyl sites for hydroxylation is 1. The monoisotopic (exact) mass is 243 g/mol. The zero-order valence-electron chi connectivity index (χ0n) is 9.21. The van der Waals surface area contributed by atoms with Crippen molar-refractivity contribution in [2.75, 3.05) is 13.7 Å². The zero-order chi connectivity index (χ0) is 12.1. The van der Waals surface area contributed by atoms with Gasteiger partial charge in [-0.3, -0.25) is 4.79 Å². The molecular weight excluding hydrogens is 230 g/mol. The molecule has 0 aliphatic rings. The molecule has 1 aromatic rings. The van der Waals surface area contributed by atoms with Gasteiger partial charge in [-0.2, -0.15) is 0 Å². The third-order valence-corrected chi connectivity index (χ3v) is 2.53. The highest BCUT2D eigenvalue weighted by atomic mass is 35.5. The van der Waals surface area contributed by atoms with Crippen molar-refractivity contribution in [2.45, 2.75) is 13.5 Å². The van der Waals surface area contributed by atoms with Crippen molar-refractivity contribution in [1.29, 1.82) is 0 Å². The summed E-state index contributed by atoms with van der Waals surface area (Å²) >= 11 is 5.96. The standard InChI is InChI=1S/C11H14ClNO3/c1-7-3-10(16-2)9(12)4-8(7)5-13-11(15)6-14/h3-4,14H,5-6H2,1-2H3,(H,13,15). The summed E-state index contributed by atoms with van der Waals surface area (Å²) in [5.41, 5.74) is 1.87. The largest absolute Gasteiger partial charge is 0.495 e. The van der Waals surface area contributed by atoms with Crippen LogP contribution < -0.4 is 10.1 Å². The number of carbonyl (C=O) groups excluding carboxylic acids is 1. The van der Waals surface area contributed by atoms with E-state index in [2.05, 4.69) is 5.32 Å². The van der Waals surface area contributed by atoms with Crippen LogP contribution in [0, 0.1) is 6.92 Å². The van der Waals surface area contributed by atoms with Crippen LogP contribution in [0.2, 0.25) is 5.02 Å². The molecule has 1 rings (SSSR count). The molecule has 2 N–H and O–H groups in total. The molecule has 0 radical (unpaired) electrons. The second kappa shape index (κ2) is 5.72. The first-order chi connectivity index (χ1) is 7.58.